The number of amides is 1. The quantitative estimate of drug-likeness (QED) is 0.583. The summed E-state index contributed by atoms with van der Waals surface area (Å²) in [5.41, 5.74) is -0.721. The van der Waals surface area contributed by atoms with Crippen molar-refractivity contribution in [3.8, 4) is 0 Å². The molecule has 10 heteroatoms. The fraction of sp³-hybridized carbons (Fsp3) is 0.684. The largest absolute Gasteiger partial charge is 0.388 e. The summed E-state index contributed by atoms with van der Waals surface area (Å²) in [5, 5.41) is 20.7. The van der Waals surface area contributed by atoms with Crippen molar-refractivity contribution in [1.29, 1.82) is 0 Å². The molecule has 158 valence electrons. The molecule has 2 aromatic heterocycles. The molecular weight excluding hydrogens is 374 g/mol. The maximum Gasteiger partial charge on any atom is 0.269 e. The maximum absolute atomic E-state index is 12.6. The fourth-order valence-electron chi connectivity index (χ4n) is 4.37. The van der Waals surface area contributed by atoms with Crippen molar-refractivity contribution in [2.45, 2.75) is 63.8 Å². The van der Waals surface area contributed by atoms with E-state index in [9.17, 15) is 9.90 Å². The molecule has 2 aliphatic rings. The second-order valence-corrected chi connectivity index (χ2v) is 8.55. The predicted molar refractivity (Wildman–Crippen MR) is 104 cm³/mol. The van der Waals surface area contributed by atoms with E-state index in [0.717, 1.165) is 37.6 Å². The molecule has 1 spiro atoms. The van der Waals surface area contributed by atoms with E-state index in [1.165, 1.54) is 6.20 Å². The van der Waals surface area contributed by atoms with E-state index in [4.69, 9.17) is 4.74 Å². The molecule has 2 atom stereocenters. The van der Waals surface area contributed by atoms with Gasteiger partial charge in [-0.1, -0.05) is 0 Å². The first-order valence-corrected chi connectivity index (χ1v) is 10.0. The lowest BCUT2D eigenvalue weighted by Gasteiger charge is -2.51. The van der Waals surface area contributed by atoms with Crippen molar-refractivity contribution >= 4 is 5.91 Å². The number of aromatic nitrogens is 5. The molecule has 0 unspecified atom stereocenters. The van der Waals surface area contributed by atoms with Crippen molar-refractivity contribution in [2.24, 2.45) is 0 Å². The number of hydrogen-bond acceptors (Lipinski definition) is 7. The second kappa shape index (κ2) is 7.51. The van der Waals surface area contributed by atoms with Crippen LogP contribution < -0.4 is 5.32 Å². The molecule has 29 heavy (non-hydrogen) atoms. The van der Waals surface area contributed by atoms with E-state index in [-0.39, 0.29) is 18.1 Å². The van der Waals surface area contributed by atoms with Gasteiger partial charge in [0, 0.05) is 19.5 Å². The minimum atomic E-state index is -0.768. The van der Waals surface area contributed by atoms with Gasteiger partial charge in [0.15, 0.2) is 5.82 Å². The third kappa shape index (κ3) is 4.19. The molecule has 0 aliphatic carbocycles. The second-order valence-electron chi connectivity index (χ2n) is 8.55. The average molecular weight is 403 g/mol. The summed E-state index contributed by atoms with van der Waals surface area (Å²) in [6.07, 6.45) is 2.97. The number of piperidine rings is 1. The summed E-state index contributed by atoms with van der Waals surface area (Å²) in [6.45, 7) is 8.20. The average Bonchev–Trinajstić information content (AvgIpc) is 3.29. The van der Waals surface area contributed by atoms with E-state index in [0.29, 0.717) is 24.5 Å². The number of aliphatic hydroxyl groups excluding tert-OH is 1. The fourth-order valence-corrected chi connectivity index (χ4v) is 4.37. The molecule has 0 saturated carbocycles. The lowest BCUT2D eigenvalue weighted by atomic mass is 9.74. The Balaban J connectivity index is 1.39. The Morgan fingerprint density at radius 1 is 1.38 bits per heavy atom. The highest BCUT2D eigenvalue weighted by Crippen LogP contribution is 2.40. The highest BCUT2D eigenvalue weighted by atomic mass is 16.5. The van der Waals surface area contributed by atoms with Crippen molar-refractivity contribution < 1.29 is 14.6 Å². The van der Waals surface area contributed by atoms with Crippen LogP contribution in [0.4, 0.5) is 0 Å². The minimum Gasteiger partial charge on any atom is -0.388 e. The van der Waals surface area contributed by atoms with Crippen molar-refractivity contribution in [1.82, 2.24) is 35.4 Å². The van der Waals surface area contributed by atoms with Crippen LogP contribution in [-0.4, -0.2) is 78.0 Å². The van der Waals surface area contributed by atoms with Crippen molar-refractivity contribution in [3.05, 3.63) is 29.4 Å². The summed E-state index contributed by atoms with van der Waals surface area (Å²) < 4.78 is 6.12. The van der Waals surface area contributed by atoms with Crippen LogP contribution in [0.25, 0.3) is 0 Å². The number of ether oxygens (including phenoxy) is 1. The molecule has 2 fully saturated rings. The van der Waals surface area contributed by atoms with Crippen LogP contribution in [0.5, 0.6) is 0 Å². The summed E-state index contributed by atoms with van der Waals surface area (Å²) >= 11 is 0. The van der Waals surface area contributed by atoms with Crippen LogP contribution >= 0.6 is 0 Å². The Morgan fingerprint density at radius 3 is 2.76 bits per heavy atom. The number of carbonyl (C=O) groups excluding carboxylic acids is 1. The number of H-pyrrole nitrogens is 2. The Bertz CT molecular complexity index is 871. The van der Waals surface area contributed by atoms with E-state index in [1.54, 1.807) is 6.92 Å². The van der Waals surface area contributed by atoms with Crippen LogP contribution in [0.1, 0.15) is 54.1 Å². The van der Waals surface area contributed by atoms with Gasteiger partial charge in [0.05, 0.1) is 30.5 Å². The number of hydrogen-bond donors (Lipinski definition) is 4. The molecular formula is C19H29N7O3. The number of rotatable bonds is 4. The van der Waals surface area contributed by atoms with Crippen LogP contribution in [0.3, 0.4) is 0 Å². The van der Waals surface area contributed by atoms with Gasteiger partial charge in [-0.25, -0.2) is 9.97 Å². The topological polar surface area (TPSA) is 132 Å². The molecule has 0 aromatic carbocycles. The maximum atomic E-state index is 12.6. The molecule has 2 saturated heterocycles. The smallest absolute Gasteiger partial charge is 0.269 e. The molecule has 4 heterocycles. The van der Waals surface area contributed by atoms with Gasteiger partial charge in [-0.3, -0.25) is 14.8 Å². The Morgan fingerprint density at radius 2 is 2.14 bits per heavy atom. The normalized spacial score (nSPS) is 27.2. The summed E-state index contributed by atoms with van der Waals surface area (Å²) in [6, 6.07) is 0. The van der Waals surface area contributed by atoms with Crippen LogP contribution in [0, 0.1) is 13.8 Å². The molecule has 4 rings (SSSR count). The number of likely N-dealkylation sites (tertiary alicyclic amines) is 1. The zero-order valence-electron chi connectivity index (χ0n) is 17.2. The molecule has 10 nitrogen and oxygen atoms in total. The summed E-state index contributed by atoms with van der Waals surface area (Å²) in [5.74, 6) is 2.03. The zero-order valence-corrected chi connectivity index (χ0v) is 17.2. The first-order chi connectivity index (χ1) is 13.8. The lowest BCUT2D eigenvalue weighted by molar-refractivity contribution is -0.177. The van der Waals surface area contributed by atoms with Gasteiger partial charge < -0.3 is 20.1 Å². The Hall–Kier alpha value is -2.30. The number of imidazole rings is 1. The first-order valence-electron chi connectivity index (χ1n) is 10.0. The highest BCUT2D eigenvalue weighted by molar-refractivity contribution is 5.92. The predicted octanol–water partition coefficient (Wildman–Crippen LogP) is 0.449. The third-order valence-electron chi connectivity index (χ3n) is 6.09. The molecule has 0 bridgehead atoms. The Kier molecular flexibility index (Phi) is 5.18. The monoisotopic (exact) mass is 403 g/mol. The number of aromatic amines is 2. The van der Waals surface area contributed by atoms with Gasteiger partial charge in [-0.15, -0.1) is 0 Å². The number of nitrogens with zero attached hydrogens (tertiary/aromatic N) is 4. The van der Waals surface area contributed by atoms with E-state index in [1.807, 2.05) is 13.8 Å². The van der Waals surface area contributed by atoms with E-state index in [2.05, 4.69) is 35.4 Å². The Labute approximate surface area is 169 Å². The lowest BCUT2D eigenvalue weighted by Crippen LogP contribution is -2.65. The van der Waals surface area contributed by atoms with Gasteiger partial charge in [0.2, 0.25) is 0 Å². The van der Waals surface area contributed by atoms with Crippen LogP contribution in [0.2, 0.25) is 0 Å². The van der Waals surface area contributed by atoms with Gasteiger partial charge >= 0.3 is 0 Å². The van der Waals surface area contributed by atoms with Crippen LogP contribution in [0.15, 0.2) is 6.20 Å². The number of nitrogens with one attached hydrogen (secondary N) is 3. The summed E-state index contributed by atoms with van der Waals surface area (Å²) in [4.78, 5) is 26.4. The highest BCUT2D eigenvalue weighted by Gasteiger charge is 2.50. The number of aryl methyl sites for hydroxylation is 2. The SMILES string of the molecule is Cc1nc(CN2CCC3(CC2)C[C@@](C)(NC(=O)c2cnc(C)[nH]2)[C@H](O)CO3)n[nH]1. The van der Waals surface area contributed by atoms with Gasteiger partial charge in [-0.2, -0.15) is 5.10 Å². The standard InChI is InChI=1S/C19H29N7O3/c1-12-20-8-14(21-12)17(28)23-18(3)11-19(29-10-15(18)27)4-6-26(7-5-19)9-16-22-13(2)24-25-16/h8,15,27H,4-7,9-11H2,1-3H3,(H,20,21)(H,23,28)(H,22,24,25)/t15-,18-/m1/s1. The minimum absolute atomic E-state index is 0.207. The summed E-state index contributed by atoms with van der Waals surface area (Å²) in [7, 11) is 0. The van der Waals surface area contributed by atoms with Gasteiger partial charge in [-0.05, 0) is 33.6 Å². The number of aliphatic hydroxyl groups is 1. The molecule has 2 aliphatic heterocycles. The molecule has 0 radical (unpaired) electrons. The van der Waals surface area contributed by atoms with Crippen molar-refractivity contribution in [3.63, 3.8) is 0 Å². The van der Waals surface area contributed by atoms with E-state index >= 15 is 0 Å². The molecule has 2 aromatic rings. The first kappa shape index (κ1) is 20.0. The van der Waals surface area contributed by atoms with Gasteiger partial charge in [0.1, 0.15) is 23.4 Å². The third-order valence-corrected chi connectivity index (χ3v) is 6.09. The van der Waals surface area contributed by atoms with E-state index < -0.39 is 11.6 Å². The molecule has 1 amide bonds. The van der Waals surface area contributed by atoms with Gasteiger partial charge in [0.25, 0.3) is 5.91 Å². The van der Waals surface area contributed by atoms with Crippen molar-refractivity contribution in [2.75, 3.05) is 19.7 Å². The number of carbonyl (C=O) groups is 1. The molecule has 4 N–H and O–H groups in total. The zero-order chi connectivity index (χ0) is 20.6. The van der Waals surface area contributed by atoms with Crippen LogP contribution in [-0.2, 0) is 11.3 Å².